The highest BCUT2D eigenvalue weighted by Crippen LogP contribution is 1.81. The summed E-state index contributed by atoms with van der Waals surface area (Å²) in [5.74, 6) is 5.15. The van der Waals surface area contributed by atoms with Crippen molar-refractivity contribution in [3.05, 3.63) is 0 Å². The van der Waals surface area contributed by atoms with E-state index in [2.05, 4.69) is 11.8 Å². The summed E-state index contributed by atoms with van der Waals surface area (Å²) in [5, 5.41) is 16.4. The molecule has 0 saturated carbocycles. The van der Waals surface area contributed by atoms with Gasteiger partial charge in [-0.15, -0.1) is 5.92 Å². The molecule has 46 valence electrons. The Bertz CT molecular complexity index is 88.4. The van der Waals surface area contributed by atoms with Crippen molar-refractivity contribution in [3.63, 3.8) is 0 Å². The van der Waals surface area contributed by atoms with Crippen LogP contribution in [0.25, 0.3) is 0 Å². The summed E-state index contributed by atoms with van der Waals surface area (Å²) in [7, 11) is 0. The van der Waals surface area contributed by atoms with Gasteiger partial charge in [0.1, 0.15) is 6.61 Å². The van der Waals surface area contributed by atoms with Crippen molar-refractivity contribution in [1.82, 2.24) is 0 Å². The van der Waals surface area contributed by atoms with Crippen LogP contribution in [0.15, 0.2) is 0 Å². The number of hydrogen-bond acceptors (Lipinski definition) is 2. The van der Waals surface area contributed by atoms with E-state index in [1.165, 1.54) is 0 Å². The SMILES string of the molecule is OCC#CCCCO. The highest BCUT2D eigenvalue weighted by atomic mass is 16.3. The fourth-order valence-corrected chi connectivity index (χ4v) is 0.312. The molecule has 0 saturated heterocycles. The van der Waals surface area contributed by atoms with E-state index in [0.717, 1.165) is 0 Å². The molecule has 0 atom stereocenters. The molecule has 0 radical (unpaired) electrons. The summed E-state index contributed by atoms with van der Waals surface area (Å²) in [4.78, 5) is 0. The summed E-state index contributed by atoms with van der Waals surface area (Å²) >= 11 is 0. The molecule has 0 amide bonds. The minimum atomic E-state index is -0.0779. The van der Waals surface area contributed by atoms with E-state index >= 15 is 0 Å². The maximum Gasteiger partial charge on any atom is 0.104 e. The first-order valence-electron chi connectivity index (χ1n) is 2.59. The molecule has 0 heterocycles. The number of rotatable bonds is 2. The van der Waals surface area contributed by atoms with Gasteiger partial charge < -0.3 is 10.2 Å². The largest absolute Gasteiger partial charge is 0.396 e. The Labute approximate surface area is 49.2 Å². The molecule has 0 aromatic carbocycles. The number of unbranched alkanes of at least 4 members (excludes halogenated alkanes) is 1. The van der Waals surface area contributed by atoms with Crippen molar-refractivity contribution in [2.75, 3.05) is 13.2 Å². The van der Waals surface area contributed by atoms with Crippen LogP contribution in [0, 0.1) is 11.8 Å². The Kier molecular flexibility index (Phi) is 6.06. The molecule has 2 N–H and O–H groups in total. The summed E-state index contributed by atoms with van der Waals surface area (Å²) in [6.07, 6.45) is 1.38. The second-order valence-corrected chi connectivity index (χ2v) is 1.34. The van der Waals surface area contributed by atoms with E-state index in [-0.39, 0.29) is 13.2 Å². The third-order valence-electron chi connectivity index (χ3n) is 0.664. The Morgan fingerprint density at radius 1 is 1.12 bits per heavy atom. The van der Waals surface area contributed by atoms with Gasteiger partial charge in [-0.3, -0.25) is 0 Å². The lowest BCUT2D eigenvalue weighted by Crippen LogP contribution is -1.79. The molecule has 8 heavy (non-hydrogen) atoms. The first kappa shape index (κ1) is 7.48. The molecule has 0 rings (SSSR count). The maximum absolute atomic E-state index is 8.24. The number of aliphatic hydroxyl groups is 2. The van der Waals surface area contributed by atoms with Crippen molar-refractivity contribution in [3.8, 4) is 11.8 Å². The van der Waals surface area contributed by atoms with Crippen molar-refractivity contribution in [1.29, 1.82) is 0 Å². The second-order valence-electron chi connectivity index (χ2n) is 1.34. The zero-order chi connectivity index (χ0) is 6.24. The lowest BCUT2D eigenvalue weighted by molar-refractivity contribution is 0.290. The van der Waals surface area contributed by atoms with Crippen LogP contribution in [0.1, 0.15) is 12.8 Å². The van der Waals surface area contributed by atoms with Gasteiger partial charge in [-0.2, -0.15) is 0 Å². The van der Waals surface area contributed by atoms with E-state index in [1.54, 1.807) is 0 Å². The molecule has 0 aliphatic rings. The minimum Gasteiger partial charge on any atom is -0.396 e. The lowest BCUT2D eigenvalue weighted by atomic mass is 10.3. The van der Waals surface area contributed by atoms with Crippen LogP contribution in [0.5, 0.6) is 0 Å². The van der Waals surface area contributed by atoms with Crippen LogP contribution in [0.3, 0.4) is 0 Å². The molecule has 0 aromatic heterocycles. The average Bonchev–Trinajstić information content (AvgIpc) is 1.81. The third-order valence-corrected chi connectivity index (χ3v) is 0.664. The van der Waals surface area contributed by atoms with Crippen LogP contribution < -0.4 is 0 Å². The van der Waals surface area contributed by atoms with E-state index < -0.39 is 0 Å². The highest BCUT2D eigenvalue weighted by molar-refractivity contribution is 4.98. The van der Waals surface area contributed by atoms with Crippen molar-refractivity contribution in [2.24, 2.45) is 0 Å². The molecule has 0 aliphatic carbocycles. The van der Waals surface area contributed by atoms with E-state index in [4.69, 9.17) is 10.2 Å². The van der Waals surface area contributed by atoms with Crippen LogP contribution in [0.4, 0.5) is 0 Å². The third kappa shape index (κ3) is 5.48. The second kappa shape index (κ2) is 6.48. The fourth-order valence-electron chi connectivity index (χ4n) is 0.312. The summed E-state index contributed by atoms with van der Waals surface area (Å²) in [6, 6.07) is 0. The van der Waals surface area contributed by atoms with Crippen LogP contribution >= 0.6 is 0 Å². The van der Waals surface area contributed by atoms with Gasteiger partial charge in [0, 0.05) is 13.0 Å². The first-order chi connectivity index (χ1) is 3.91. The smallest absolute Gasteiger partial charge is 0.104 e. The van der Waals surface area contributed by atoms with Crippen LogP contribution in [0.2, 0.25) is 0 Å². The summed E-state index contributed by atoms with van der Waals surface area (Å²) in [5.41, 5.74) is 0. The van der Waals surface area contributed by atoms with Gasteiger partial charge in [0.15, 0.2) is 0 Å². The highest BCUT2D eigenvalue weighted by Gasteiger charge is 1.74. The lowest BCUT2D eigenvalue weighted by Gasteiger charge is -1.81. The zero-order valence-corrected chi connectivity index (χ0v) is 4.72. The Morgan fingerprint density at radius 3 is 2.38 bits per heavy atom. The van der Waals surface area contributed by atoms with Crippen LogP contribution in [-0.2, 0) is 0 Å². The van der Waals surface area contributed by atoms with Crippen molar-refractivity contribution >= 4 is 0 Å². The van der Waals surface area contributed by atoms with Crippen molar-refractivity contribution in [2.45, 2.75) is 12.8 Å². The predicted molar refractivity (Wildman–Crippen MR) is 31.2 cm³/mol. The standard InChI is InChI=1S/C6H10O2/c7-5-3-1-2-4-6-8/h7-8H,1,3,5-6H2. The molecule has 2 nitrogen and oxygen atoms in total. The monoisotopic (exact) mass is 114 g/mol. The molecule has 0 bridgehead atoms. The molecular weight excluding hydrogens is 104 g/mol. The molecule has 0 aliphatic heterocycles. The van der Waals surface area contributed by atoms with Gasteiger partial charge in [0.05, 0.1) is 0 Å². The quantitative estimate of drug-likeness (QED) is 0.384. The van der Waals surface area contributed by atoms with Gasteiger partial charge in [0.2, 0.25) is 0 Å². The minimum absolute atomic E-state index is 0.0779. The van der Waals surface area contributed by atoms with Gasteiger partial charge >= 0.3 is 0 Å². The summed E-state index contributed by atoms with van der Waals surface area (Å²) < 4.78 is 0. The van der Waals surface area contributed by atoms with Crippen molar-refractivity contribution < 1.29 is 10.2 Å². The molecular formula is C6H10O2. The maximum atomic E-state index is 8.24. The number of hydrogen-bond donors (Lipinski definition) is 2. The molecule has 0 aromatic rings. The average molecular weight is 114 g/mol. The zero-order valence-electron chi connectivity index (χ0n) is 4.72. The van der Waals surface area contributed by atoms with Gasteiger partial charge in [-0.1, -0.05) is 5.92 Å². The molecule has 0 spiro atoms. The predicted octanol–water partition coefficient (Wildman–Crippen LogP) is -0.245. The van der Waals surface area contributed by atoms with E-state index in [1.807, 2.05) is 0 Å². The van der Waals surface area contributed by atoms with Gasteiger partial charge in [0.25, 0.3) is 0 Å². The fraction of sp³-hybridized carbons (Fsp3) is 0.667. The topological polar surface area (TPSA) is 40.5 Å². The summed E-state index contributed by atoms with van der Waals surface area (Å²) in [6.45, 7) is 0.103. The first-order valence-corrected chi connectivity index (χ1v) is 2.59. The molecule has 2 heteroatoms. The number of aliphatic hydroxyl groups excluding tert-OH is 2. The van der Waals surface area contributed by atoms with Gasteiger partial charge in [-0.05, 0) is 6.42 Å². The van der Waals surface area contributed by atoms with Gasteiger partial charge in [-0.25, -0.2) is 0 Å². The molecule has 0 unspecified atom stereocenters. The Balaban J connectivity index is 2.90. The Morgan fingerprint density at radius 2 is 1.88 bits per heavy atom. The normalized spacial score (nSPS) is 7.75. The van der Waals surface area contributed by atoms with E-state index in [9.17, 15) is 0 Å². The van der Waals surface area contributed by atoms with Crippen LogP contribution in [-0.4, -0.2) is 23.4 Å². The van der Waals surface area contributed by atoms with E-state index in [0.29, 0.717) is 12.8 Å². The molecule has 0 fully saturated rings. The Hall–Kier alpha value is -0.520.